The van der Waals surface area contributed by atoms with Crippen molar-refractivity contribution in [1.29, 1.82) is 0 Å². The number of quaternary nitrogens is 1. The molecule has 0 aliphatic rings. The molecule has 536 valence electrons. The average Bonchev–Trinajstić information content (AvgIpc) is 3.09. The smallest absolute Gasteiger partial charge is 0.268 e. The van der Waals surface area contributed by atoms with Crippen molar-refractivity contribution in [3.8, 4) is 0 Å². The Labute approximate surface area is 564 Å². The zero-order valence-electron chi connectivity index (χ0n) is 61.6. The minimum Gasteiger partial charge on any atom is -0.756 e. The highest BCUT2D eigenvalue weighted by Crippen LogP contribution is 2.38. The molecule has 1 amide bonds. The molecule has 0 aromatic heterocycles. The van der Waals surface area contributed by atoms with Crippen molar-refractivity contribution >= 4 is 13.7 Å². The van der Waals surface area contributed by atoms with Crippen LogP contribution in [-0.4, -0.2) is 68.5 Å². The van der Waals surface area contributed by atoms with E-state index in [1.165, 1.54) is 379 Å². The molecule has 0 fully saturated rings. The quantitative estimate of drug-likeness (QED) is 0.0272. The van der Waals surface area contributed by atoms with Gasteiger partial charge in [-0.25, -0.2) is 0 Å². The number of aliphatic hydroxyl groups is 1. The van der Waals surface area contributed by atoms with Gasteiger partial charge >= 0.3 is 0 Å². The molecule has 0 aliphatic carbocycles. The van der Waals surface area contributed by atoms with Crippen LogP contribution in [0.15, 0.2) is 24.3 Å². The average molecular weight is 1290 g/mol. The number of amides is 1. The molecule has 0 aromatic carbocycles. The first-order valence-electron chi connectivity index (χ1n) is 40.7. The Kier molecular flexibility index (Phi) is 71.4. The van der Waals surface area contributed by atoms with E-state index in [9.17, 15) is 19.4 Å². The van der Waals surface area contributed by atoms with E-state index in [1.54, 1.807) is 6.08 Å². The Balaban J connectivity index is 3.89. The van der Waals surface area contributed by atoms with Gasteiger partial charge in [0, 0.05) is 6.42 Å². The molecule has 0 aliphatic heterocycles. The van der Waals surface area contributed by atoms with Crippen molar-refractivity contribution in [1.82, 2.24) is 5.32 Å². The van der Waals surface area contributed by atoms with E-state index in [2.05, 4.69) is 31.3 Å². The number of unbranched alkanes of at least 4 members (excludes halogenated alkanes) is 62. The summed E-state index contributed by atoms with van der Waals surface area (Å²) in [5, 5.41) is 14.0. The molecule has 0 saturated carbocycles. The minimum absolute atomic E-state index is 0.00254. The molecule has 0 rings (SSSR count). The van der Waals surface area contributed by atoms with E-state index in [0.717, 1.165) is 38.5 Å². The largest absolute Gasteiger partial charge is 0.756 e. The predicted molar refractivity (Wildman–Crippen MR) is 395 cm³/mol. The van der Waals surface area contributed by atoms with Crippen LogP contribution in [0, 0.1) is 0 Å². The molecule has 8 nitrogen and oxygen atoms in total. The Morgan fingerprint density at radius 3 is 0.867 bits per heavy atom. The van der Waals surface area contributed by atoms with Gasteiger partial charge in [0.25, 0.3) is 7.82 Å². The lowest BCUT2D eigenvalue weighted by Crippen LogP contribution is -2.45. The number of nitrogens with zero attached hydrogens (tertiary/aromatic N) is 1. The van der Waals surface area contributed by atoms with Crippen LogP contribution < -0.4 is 10.2 Å². The van der Waals surface area contributed by atoms with Gasteiger partial charge in [0.15, 0.2) is 0 Å². The van der Waals surface area contributed by atoms with Gasteiger partial charge in [-0.15, -0.1) is 0 Å². The van der Waals surface area contributed by atoms with Gasteiger partial charge < -0.3 is 28.8 Å². The number of carbonyl (C=O) groups is 1. The second-order valence-electron chi connectivity index (χ2n) is 29.5. The summed E-state index contributed by atoms with van der Waals surface area (Å²) < 4.78 is 23.5. The third kappa shape index (κ3) is 74.4. The van der Waals surface area contributed by atoms with Gasteiger partial charge in [-0.2, -0.15) is 0 Å². The van der Waals surface area contributed by atoms with Crippen molar-refractivity contribution in [2.24, 2.45) is 0 Å². The maximum Gasteiger partial charge on any atom is 0.268 e. The number of nitrogens with one attached hydrogen (secondary N) is 1. The van der Waals surface area contributed by atoms with Crippen LogP contribution in [0.5, 0.6) is 0 Å². The van der Waals surface area contributed by atoms with E-state index in [1.807, 2.05) is 27.2 Å². The third-order valence-electron chi connectivity index (χ3n) is 19.2. The number of phosphoric ester groups is 1. The van der Waals surface area contributed by atoms with Gasteiger partial charge in [0.2, 0.25) is 5.91 Å². The van der Waals surface area contributed by atoms with Crippen LogP contribution in [0.4, 0.5) is 0 Å². The summed E-state index contributed by atoms with van der Waals surface area (Å²) in [4.78, 5) is 25.7. The normalized spacial score (nSPS) is 13.5. The molecule has 0 bridgehead atoms. The van der Waals surface area contributed by atoms with Crippen LogP contribution >= 0.6 is 7.82 Å². The maximum atomic E-state index is 13.1. The highest BCUT2D eigenvalue weighted by atomic mass is 31.2. The van der Waals surface area contributed by atoms with Crippen molar-refractivity contribution in [3.05, 3.63) is 24.3 Å². The topological polar surface area (TPSA) is 108 Å². The highest BCUT2D eigenvalue weighted by Gasteiger charge is 2.23. The first-order chi connectivity index (χ1) is 44.0. The molecule has 0 aromatic rings. The molecule has 90 heavy (non-hydrogen) atoms. The number of likely N-dealkylation sites (N-methyl/N-ethyl adjacent to an activating group) is 1. The van der Waals surface area contributed by atoms with Gasteiger partial charge in [-0.3, -0.25) is 9.36 Å². The number of aliphatic hydroxyl groups excluding tert-OH is 1. The molecule has 0 saturated heterocycles. The molecule has 0 spiro atoms. The zero-order chi connectivity index (χ0) is 65.5. The molecule has 3 unspecified atom stereocenters. The SMILES string of the molecule is CCCCCCCCCC/C=C\CCCCCCCCCCCCCCCCCCCCCCCCCCCCCCCC(=O)NC(COP(=O)([O-])OCC[N+](C)(C)C)C(O)/C=C/CCCCCCCCCCCCCCCCCCCCCCCCCCC. The summed E-state index contributed by atoms with van der Waals surface area (Å²) in [6.07, 6.45) is 96.5. The van der Waals surface area contributed by atoms with Crippen LogP contribution in [0.1, 0.15) is 438 Å². The Bertz CT molecular complexity index is 1520. The standard InChI is InChI=1S/C81H161N2O6P/c1-6-8-10-12-14-16-18-20-22-24-26-28-30-32-34-35-36-37-38-39-40-41-42-43-44-45-46-47-49-51-53-55-57-59-61-63-65-67-69-71-73-75-81(85)82-79(78-89-90(86,87)88-77-76-83(3,4)5)80(84)74-72-70-68-66-64-62-60-58-56-54-52-50-48-33-31-29-27-25-23-21-19-17-15-13-11-9-7-2/h24,26,72,74,79-80,84H,6-23,25,27-71,73,75-78H2,1-5H3,(H-,82,85,86,87)/b26-24-,74-72+. The fourth-order valence-electron chi connectivity index (χ4n) is 12.9. The van der Waals surface area contributed by atoms with Crippen LogP contribution in [0.2, 0.25) is 0 Å². The number of carbonyl (C=O) groups excluding carboxylic acids is 1. The van der Waals surface area contributed by atoms with E-state index >= 15 is 0 Å². The number of allylic oxidation sites excluding steroid dienone is 3. The maximum absolute atomic E-state index is 13.1. The number of hydrogen-bond acceptors (Lipinski definition) is 6. The van der Waals surface area contributed by atoms with Gasteiger partial charge in [0.1, 0.15) is 13.2 Å². The second kappa shape index (κ2) is 72.3. The predicted octanol–water partition coefficient (Wildman–Crippen LogP) is 25.9. The van der Waals surface area contributed by atoms with Crippen molar-refractivity contribution < 1.29 is 32.9 Å². The van der Waals surface area contributed by atoms with E-state index in [0.29, 0.717) is 17.4 Å². The lowest BCUT2D eigenvalue weighted by Gasteiger charge is -2.29. The summed E-state index contributed by atoms with van der Waals surface area (Å²) in [6.45, 7) is 4.72. The molecule has 0 heterocycles. The molecular weight excluding hydrogens is 1130 g/mol. The molecule has 9 heteroatoms. The zero-order valence-corrected chi connectivity index (χ0v) is 62.5. The van der Waals surface area contributed by atoms with Crippen molar-refractivity contribution in [2.45, 2.75) is 450 Å². The summed E-state index contributed by atoms with van der Waals surface area (Å²) in [7, 11) is 1.29. The summed E-state index contributed by atoms with van der Waals surface area (Å²) >= 11 is 0. The highest BCUT2D eigenvalue weighted by molar-refractivity contribution is 7.45. The monoisotopic (exact) mass is 1290 g/mol. The van der Waals surface area contributed by atoms with Gasteiger partial charge in [-0.05, 0) is 44.9 Å². The Hall–Kier alpha value is -1.02. The number of rotatable bonds is 77. The first-order valence-corrected chi connectivity index (χ1v) is 42.2. The number of hydrogen-bond donors (Lipinski definition) is 2. The van der Waals surface area contributed by atoms with Crippen LogP contribution in [0.25, 0.3) is 0 Å². The molecule has 2 N–H and O–H groups in total. The second-order valence-corrected chi connectivity index (χ2v) is 30.9. The van der Waals surface area contributed by atoms with Crippen LogP contribution in [0.3, 0.4) is 0 Å². The van der Waals surface area contributed by atoms with Crippen LogP contribution in [-0.2, 0) is 18.4 Å². The third-order valence-corrected chi connectivity index (χ3v) is 20.1. The lowest BCUT2D eigenvalue weighted by molar-refractivity contribution is -0.870. The molecular formula is C81H161N2O6P. The van der Waals surface area contributed by atoms with Crippen molar-refractivity contribution in [3.63, 3.8) is 0 Å². The Morgan fingerprint density at radius 2 is 0.611 bits per heavy atom. The fraction of sp³-hybridized carbons (Fsp3) is 0.938. The molecule has 0 radical (unpaired) electrons. The van der Waals surface area contributed by atoms with Gasteiger partial charge in [-0.1, -0.05) is 411 Å². The molecule has 3 atom stereocenters. The van der Waals surface area contributed by atoms with E-state index in [4.69, 9.17) is 9.05 Å². The summed E-state index contributed by atoms with van der Waals surface area (Å²) in [5.41, 5.74) is 0. The summed E-state index contributed by atoms with van der Waals surface area (Å²) in [5.74, 6) is -0.186. The number of phosphoric acid groups is 1. The first kappa shape index (κ1) is 89.0. The fourth-order valence-corrected chi connectivity index (χ4v) is 13.6. The van der Waals surface area contributed by atoms with E-state index < -0.39 is 20.0 Å². The van der Waals surface area contributed by atoms with E-state index in [-0.39, 0.29) is 19.1 Å². The minimum atomic E-state index is -4.60. The van der Waals surface area contributed by atoms with Gasteiger partial charge in [0.05, 0.1) is 39.9 Å². The lowest BCUT2D eigenvalue weighted by atomic mass is 10.0. The Morgan fingerprint density at radius 1 is 0.378 bits per heavy atom. The summed E-state index contributed by atoms with van der Waals surface area (Å²) in [6, 6.07) is -0.885. The van der Waals surface area contributed by atoms with Crippen molar-refractivity contribution in [2.75, 3.05) is 40.9 Å².